The number of piperidine rings is 1. The van der Waals surface area contributed by atoms with Crippen LogP contribution >= 0.6 is 11.6 Å². The summed E-state index contributed by atoms with van der Waals surface area (Å²) in [4.78, 5) is 2.76. The molecule has 2 heterocycles. The second-order valence-electron chi connectivity index (χ2n) is 6.39. The third-order valence-electron chi connectivity index (χ3n) is 5.04. The normalized spacial score (nSPS) is 29.8. The Morgan fingerprint density at radius 3 is 2.40 bits per heavy atom. The monoisotopic (exact) mass is 292 g/mol. The van der Waals surface area contributed by atoms with E-state index in [1.807, 2.05) is 12.1 Å². The van der Waals surface area contributed by atoms with E-state index in [-0.39, 0.29) is 0 Å². The molecular formula is C17H25ClN2. The van der Waals surface area contributed by atoms with Crippen LogP contribution in [0.5, 0.6) is 0 Å². The van der Waals surface area contributed by atoms with Crippen molar-refractivity contribution in [2.75, 3.05) is 20.1 Å². The molecule has 1 aromatic rings. The molecule has 0 aromatic heterocycles. The van der Waals surface area contributed by atoms with Crippen LogP contribution in [0.15, 0.2) is 24.3 Å². The fraction of sp³-hybridized carbons (Fsp3) is 0.647. The molecule has 1 aromatic carbocycles. The molecule has 0 radical (unpaired) electrons. The number of benzene rings is 1. The van der Waals surface area contributed by atoms with Crippen molar-refractivity contribution in [1.82, 2.24) is 10.2 Å². The Kier molecular flexibility index (Phi) is 4.65. The second-order valence-corrected chi connectivity index (χ2v) is 6.83. The standard InChI is InChI=1S/C17H25ClN2/c1-19-8-9-20-16-6-7-17(20)12-14(11-16)10-13-2-4-15(18)5-3-13/h2-5,14,16-17,19H,6-12H2,1H3. The van der Waals surface area contributed by atoms with Gasteiger partial charge in [0.1, 0.15) is 0 Å². The van der Waals surface area contributed by atoms with Gasteiger partial charge in [0.15, 0.2) is 0 Å². The van der Waals surface area contributed by atoms with Gasteiger partial charge >= 0.3 is 0 Å². The first-order valence-corrected chi connectivity index (χ1v) is 8.29. The third-order valence-corrected chi connectivity index (χ3v) is 5.29. The van der Waals surface area contributed by atoms with E-state index in [0.29, 0.717) is 0 Å². The summed E-state index contributed by atoms with van der Waals surface area (Å²) in [6.45, 7) is 2.34. The van der Waals surface area contributed by atoms with Crippen LogP contribution in [0.1, 0.15) is 31.2 Å². The first-order valence-electron chi connectivity index (χ1n) is 7.91. The van der Waals surface area contributed by atoms with Gasteiger partial charge in [-0.15, -0.1) is 0 Å². The molecule has 0 saturated carbocycles. The van der Waals surface area contributed by atoms with Gasteiger partial charge in [-0.1, -0.05) is 23.7 Å². The Labute approximate surface area is 127 Å². The summed E-state index contributed by atoms with van der Waals surface area (Å²) in [5.74, 6) is 0.861. The van der Waals surface area contributed by atoms with Gasteiger partial charge < -0.3 is 5.32 Å². The van der Waals surface area contributed by atoms with Crippen molar-refractivity contribution in [3.63, 3.8) is 0 Å². The zero-order valence-electron chi connectivity index (χ0n) is 12.3. The maximum atomic E-state index is 5.97. The topological polar surface area (TPSA) is 15.3 Å². The lowest BCUT2D eigenvalue weighted by atomic mass is 9.86. The smallest absolute Gasteiger partial charge is 0.0406 e. The van der Waals surface area contributed by atoms with E-state index in [2.05, 4.69) is 29.4 Å². The average Bonchev–Trinajstić information content (AvgIpc) is 2.69. The summed E-state index contributed by atoms with van der Waals surface area (Å²) < 4.78 is 0. The number of hydrogen-bond acceptors (Lipinski definition) is 2. The van der Waals surface area contributed by atoms with Gasteiger partial charge in [-0.25, -0.2) is 0 Å². The molecule has 2 fully saturated rings. The van der Waals surface area contributed by atoms with E-state index in [9.17, 15) is 0 Å². The Morgan fingerprint density at radius 2 is 1.80 bits per heavy atom. The Bertz CT molecular complexity index is 417. The molecule has 3 heteroatoms. The van der Waals surface area contributed by atoms with Crippen LogP contribution in [0.2, 0.25) is 5.02 Å². The van der Waals surface area contributed by atoms with E-state index >= 15 is 0 Å². The second kappa shape index (κ2) is 6.46. The number of nitrogens with zero attached hydrogens (tertiary/aromatic N) is 1. The Balaban J connectivity index is 1.58. The van der Waals surface area contributed by atoms with Gasteiger partial charge in [0, 0.05) is 30.2 Å². The highest BCUT2D eigenvalue weighted by Crippen LogP contribution is 2.39. The van der Waals surface area contributed by atoms with E-state index in [4.69, 9.17) is 11.6 Å². The molecule has 2 aliphatic rings. The number of likely N-dealkylation sites (N-methyl/N-ethyl adjacent to an activating group) is 1. The van der Waals surface area contributed by atoms with Crippen molar-refractivity contribution >= 4 is 11.6 Å². The van der Waals surface area contributed by atoms with Crippen LogP contribution in [-0.4, -0.2) is 37.1 Å². The lowest BCUT2D eigenvalue weighted by Gasteiger charge is -2.39. The predicted octanol–water partition coefficient (Wildman–Crippen LogP) is 3.34. The van der Waals surface area contributed by atoms with Crippen LogP contribution in [-0.2, 0) is 6.42 Å². The molecule has 2 nitrogen and oxygen atoms in total. The number of nitrogens with one attached hydrogen (secondary N) is 1. The summed E-state index contributed by atoms with van der Waals surface area (Å²) in [7, 11) is 2.05. The highest BCUT2D eigenvalue weighted by Gasteiger charge is 2.39. The van der Waals surface area contributed by atoms with Crippen molar-refractivity contribution in [3.05, 3.63) is 34.9 Å². The molecule has 2 atom stereocenters. The predicted molar refractivity (Wildman–Crippen MR) is 85.3 cm³/mol. The van der Waals surface area contributed by atoms with Crippen molar-refractivity contribution in [2.24, 2.45) is 5.92 Å². The summed E-state index contributed by atoms with van der Waals surface area (Å²) in [5.41, 5.74) is 1.45. The molecule has 0 amide bonds. The van der Waals surface area contributed by atoms with Gasteiger partial charge in [-0.05, 0) is 62.8 Å². The van der Waals surface area contributed by atoms with Crippen molar-refractivity contribution < 1.29 is 0 Å². The largest absolute Gasteiger partial charge is 0.318 e. The van der Waals surface area contributed by atoms with Gasteiger partial charge in [-0.2, -0.15) is 0 Å². The average molecular weight is 293 g/mol. The summed E-state index contributed by atoms with van der Waals surface area (Å²) in [5, 5.41) is 4.13. The molecule has 1 N–H and O–H groups in total. The van der Waals surface area contributed by atoms with Crippen LogP contribution in [0.25, 0.3) is 0 Å². The maximum absolute atomic E-state index is 5.97. The van der Waals surface area contributed by atoms with Crippen molar-refractivity contribution in [3.8, 4) is 0 Å². The number of hydrogen-bond donors (Lipinski definition) is 1. The van der Waals surface area contributed by atoms with E-state index < -0.39 is 0 Å². The van der Waals surface area contributed by atoms with Crippen molar-refractivity contribution in [2.45, 2.75) is 44.2 Å². The molecule has 110 valence electrons. The molecule has 2 bridgehead atoms. The highest BCUT2D eigenvalue weighted by molar-refractivity contribution is 6.30. The summed E-state index contributed by atoms with van der Waals surface area (Å²) >= 11 is 5.97. The first kappa shape index (κ1) is 14.4. The minimum atomic E-state index is 0.833. The lowest BCUT2D eigenvalue weighted by molar-refractivity contribution is 0.105. The number of fused-ring (bicyclic) bond motifs is 2. The molecule has 2 saturated heterocycles. The molecule has 2 unspecified atom stereocenters. The third kappa shape index (κ3) is 3.19. The van der Waals surface area contributed by atoms with Crippen LogP contribution < -0.4 is 5.32 Å². The van der Waals surface area contributed by atoms with Gasteiger partial charge in [0.25, 0.3) is 0 Å². The molecule has 0 spiro atoms. The SMILES string of the molecule is CNCCN1C2CCC1CC(Cc1ccc(Cl)cc1)C2. The summed E-state index contributed by atoms with van der Waals surface area (Å²) in [6.07, 6.45) is 6.80. The Hall–Kier alpha value is -0.570. The minimum absolute atomic E-state index is 0.833. The van der Waals surface area contributed by atoms with Gasteiger partial charge in [-0.3, -0.25) is 4.90 Å². The van der Waals surface area contributed by atoms with Crippen LogP contribution in [0.3, 0.4) is 0 Å². The molecular weight excluding hydrogens is 268 g/mol. The summed E-state index contributed by atoms with van der Waals surface area (Å²) in [6, 6.07) is 10.1. The highest BCUT2D eigenvalue weighted by atomic mass is 35.5. The van der Waals surface area contributed by atoms with Gasteiger partial charge in [0.2, 0.25) is 0 Å². The van der Waals surface area contributed by atoms with E-state index in [0.717, 1.165) is 29.6 Å². The molecule has 2 aliphatic heterocycles. The lowest BCUT2D eigenvalue weighted by Crippen LogP contribution is -2.45. The zero-order valence-corrected chi connectivity index (χ0v) is 13.1. The minimum Gasteiger partial charge on any atom is -0.318 e. The fourth-order valence-electron chi connectivity index (χ4n) is 4.11. The van der Waals surface area contributed by atoms with Crippen LogP contribution in [0.4, 0.5) is 0 Å². The van der Waals surface area contributed by atoms with E-state index in [1.54, 1.807) is 0 Å². The first-order chi connectivity index (χ1) is 9.76. The number of rotatable bonds is 5. The Morgan fingerprint density at radius 1 is 1.15 bits per heavy atom. The molecule has 0 aliphatic carbocycles. The quantitative estimate of drug-likeness (QED) is 0.895. The van der Waals surface area contributed by atoms with Crippen molar-refractivity contribution in [1.29, 1.82) is 0 Å². The van der Waals surface area contributed by atoms with Gasteiger partial charge in [0.05, 0.1) is 0 Å². The molecule has 3 rings (SSSR count). The van der Waals surface area contributed by atoms with E-state index in [1.165, 1.54) is 44.2 Å². The fourth-order valence-corrected chi connectivity index (χ4v) is 4.24. The number of halogens is 1. The molecule has 20 heavy (non-hydrogen) atoms. The van der Waals surface area contributed by atoms with Crippen LogP contribution in [0, 0.1) is 5.92 Å². The zero-order chi connectivity index (χ0) is 13.9. The maximum Gasteiger partial charge on any atom is 0.0406 e.